The average Bonchev–Trinajstić information content (AvgIpc) is 3.20. The first-order valence-corrected chi connectivity index (χ1v) is 12.1. The minimum atomic E-state index is -2.03. The lowest BCUT2D eigenvalue weighted by atomic mass is 10.1. The first kappa shape index (κ1) is 22.5. The zero-order valence-electron chi connectivity index (χ0n) is 18.8. The van der Waals surface area contributed by atoms with Gasteiger partial charge in [-0.15, -0.1) is 0 Å². The highest BCUT2D eigenvalue weighted by atomic mass is 32.2. The number of hydrogen-bond acceptors (Lipinski definition) is 6. The van der Waals surface area contributed by atoms with Crippen LogP contribution >= 0.6 is 0 Å². The molecular formula is C24H26N6O3S. The first-order valence-electron chi connectivity index (χ1n) is 11.0. The number of fused-ring (bicyclic) bond motifs is 1. The molecule has 1 unspecified atom stereocenters. The summed E-state index contributed by atoms with van der Waals surface area (Å²) in [5.74, 6) is 0.533. The van der Waals surface area contributed by atoms with Crippen LogP contribution in [0.5, 0.6) is 0 Å². The molecule has 0 bridgehead atoms. The summed E-state index contributed by atoms with van der Waals surface area (Å²) in [7, 11) is 1.97. The van der Waals surface area contributed by atoms with Crippen LogP contribution in [0.15, 0.2) is 60.9 Å². The van der Waals surface area contributed by atoms with Gasteiger partial charge in [0.25, 0.3) is 0 Å². The Bertz CT molecular complexity index is 1300. The van der Waals surface area contributed by atoms with Gasteiger partial charge in [0.2, 0.25) is 17.2 Å². The second kappa shape index (κ2) is 9.90. The zero-order chi connectivity index (χ0) is 23.5. The van der Waals surface area contributed by atoms with Gasteiger partial charge in [0, 0.05) is 49.8 Å². The Kier molecular flexibility index (Phi) is 6.54. The molecule has 9 nitrogen and oxygen atoms in total. The van der Waals surface area contributed by atoms with Gasteiger partial charge in [-0.1, -0.05) is 24.3 Å². The molecule has 0 amide bonds. The number of morpholine rings is 1. The Balaban J connectivity index is 1.37. The van der Waals surface area contributed by atoms with Crippen LogP contribution < -0.4 is 14.9 Å². The van der Waals surface area contributed by atoms with Crippen LogP contribution in [0.4, 0.5) is 17.3 Å². The summed E-state index contributed by atoms with van der Waals surface area (Å²) >= 11 is -2.03. The molecule has 1 aliphatic rings. The van der Waals surface area contributed by atoms with Crippen molar-refractivity contribution in [2.75, 3.05) is 36.5 Å². The Hall–Kier alpha value is -3.31. The van der Waals surface area contributed by atoms with Gasteiger partial charge in [0.15, 0.2) is 0 Å². The Morgan fingerprint density at radius 2 is 1.82 bits per heavy atom. The summed E-state index contributed by atoms with van der Waals surface area (Å²) in [6, 6.07) is 16.1. The molecule has 1 aliphatic heterocycles. The van der Waals surface area contributed by atoms with Crippen LogP contribution in [-0.2, 0) is 29.6 Å². The first-order chi connectivity index (χ1) is 16.6. The van der Waals surface area contributed by atoms with Crippen molar-refractivity contribution in [1.82, 2.24) is 19.3 Å². The van der Waals surface area contributed by atoms with E-state index in [0.717, 1.165) is 59.7 Å². The van der Waals surface area contributed by atoms with Crippen molar-refractivity contribution in [1.29, 1.82) is 0 Å². The molecule has 4 aromatic rings. The Morgan fingerprint density at radius 1 is 1.09 bits per heavy atom. The van der Waals surface area contributed by atoms with Gasteiger partial charge >= 0.3 is 0 Å². The fraction of sp³-hybridized carbons (Fsp3) is 0.250. The lowest BCUT2D eigenvalue weighted by molar-refractivity contribution is 0.122. The van der Waals surface area contributed by atoms with Gasteiger partial charge in [-0.2, -0.15) is 0 Å². The van der Waals surface area contributed by atoms with Gasteiger partial charge in [-0.25, -0.2) is 18.9 Å². The molecule has 5 rings (SSSR count). The molecule has 0 spiro atoms. The Morgan fingerprint density at radius 3 is 2.53 bits per heavy atom. The molecule has 1 saturated heterocycles. The normalized spacial score (nSPS) is 14.9. The summed E-state index contributed by atoms with van der Waals surface area (Å²) in [4.78, 5) is 11.6. The predicted molar refractivity (Wildman–Crippen MR) is 134 cm³/mol. The van der Waals surface area contributed by atoms with Crippen molar-refractivity contribution in [3.05, 3.63) is 66.5 Å². The maximum absolute atomic E-state index is 10.8. The van der Waals surface area contributed by atoms with Gasteiger partial charge in [0.05, 0.1) is 24.9 Å². The van der Waals surface area contributed by atoms with Crippen LogP contribution in [0.3, 0.4) is 0 Å². The number of nitrogens with zero attached hydrogens (tertiary/aromatic N) is 4. The number of aryl methyl sites for hydroxylation is 1. The summed E-state index contributed by atoms with van der Waals surface area (Å²) in [6.07, 6.45) is 3.86. The molecule has 1 fully saturated rings. The summed E-state index contributed by atoms with van der Waals surface area (Å²) in [5.41, 5.74) is 6.82. The number of hydrogen-bond donors (Lipinski definition) is 3. The SMILES string of the molecule is Cn1cc(-c2ccc(CNS(=O)O)cc2)c2nc(Nc3ccc(N4CCOCC4)cc3)ncc21. The van der Waals surface area contributed by atoms with E-state index in [9.17, 15) is 4.21 Å². The van der Waals surface area contributed by atoms with Gasteiger partial charge < -0.3 is 19.5 Å². The molecule has 10 heteroatoms. The minimum absolute atomic E-state index is 0.319. The molecule has 1 atom stereocenters. The van der Waals surface area contributed by atoms with Crippen molar-refractivity contribution in [3.8, 4) is 11.1 Å². The quantitative estimate of drug-likeness (QED) is 0.350. The third-order valence-corrected chi connectivity index (χ3v) is 6.28. The highest BCUT2D eigenvalue weighted by Crippen LogP contribution is 2.30. The molecular weight excluding hydrogens is 452 g/mol. The van der Waals surface area contributed by atoms with Crippen molar-refractivity contribution in [2.45, 2.75) is 6.54 Å². The Labute approximate surface area is 200 Å². The highest BCUT2D eigenvalue weighted by Gasteiger charge is 2.13. The molecule has 0 radical (unpaired) electrons. The lowest BCUT2D eigenvalue weighted by Crippen LogP contribution is -2.36. The fourth-order valence-corrected chi connectivity index (χ4v) is 4.37. The molecule has 0 aliphatic carbocycles. The minimum Gasteiger partial charge on any atom is -0.378 e. The number of benzene rings is 2. The van der Waals surface area contributed by atoms with Gasteiger partial charge in [-0.3, -0.25) is 4.55 Å². The number of ether oxygens (including phenoxy) is 1. The van der Waals surface area contributed by atoms with E-state index in [1.54, 1.807) is 0 Å². The van der Waals surface area contributed by atoms with Gasteiger partial charge in [-0.05, 0) is 35.4 Å². The topological polar surface area (TPSA) is 105 Å². The molecule has 2 aromatic heterocycles. The van der Waals surface area contributed by atoms with E-state index < -0.39 is 11.3 Å². The molecule has 2 aromatic carbocycles. The second-order valence-corrected chi connectivity index (χ2v) is 8.91. The summed E-state index contributed by atoms with van der Waals surface area (Å²) in [6.45, 7) is 3.65. The number of aromatic nitrogens is 3. The van der Waals surface area contributed by atoms with Gasteiger partial charge in [0.1, 0.15) is 5.52 Å². The zero-order valence-corrected chi connectivity index (χ0v) is 19.6. The van der Waals surface area contributed by atoms with Crippen LogP contribution in [0.1, 0.15) is 5.56 Å². The maximum atomic E-state index is 10.8. The molecule has 34 heavy (non-hydrogen) atoms. The van der Waals surface area contributed by atoms with Crippen molar-refractivity contribution < 1.29 is 13.5 Å². The van der Waals surface area contributed by atoms with E-state index in [0.29, 0.717) is 12.5 Å². The smallest absolute Gasteiger partial charge is 0.232 e. The van der Waals surface area contributed by atoms with E-state index in [1.165, 1.54) is 5.69 Å². The van der Waals surface area contributed by atoms with E-state index in [-0.39, 0.29) is 0 Å². The van der Waals surface area contributed by atoms with Crippen molar-refractivity contribution in [3.63, 3.8) is 0 Å². The van der Waals surface area contributed by atoms with E-state index in [1.807, 2.05) is 60.4 Å². The maximum Gasteiger partial charge on any atom is 0.232 e. The van der Waals surface area contributed by atoms with E-state index >= 15 is 0 Å². The summed E-state index contributed by atoms with van der Waals surface area (Å²) < 4.78 is 29.7. The van der Waals surface area contributed by atoms with E-state index in [4.69, 9.17) is 14.3 Å². The number of rotatable bonds is 7. The van der Waals surface area contributed by atoms with Crippen LogP contribution in [0.25, 0.3) is 22.2 Å². The van der Waals surface area contributed by atoms with E-state index in [2.05, 4.69) is 32.1 Å². The highest BCUT2D eigenvalue weighted by molar-refractivity contribution is 7.77. The average molecular weight is 479 g/mol. The lowest BCUT2D eigenvalue weighted by Gasteiger charge is -2.28. The van der Waals surface area contributed by atoms with Crippen molar-refractivity contribution in [2.24, 2.45) is 7.05 Å². The third kappa shape index (κ3) is 4.95. The monoisotopic (exact) mass is 478 g/mol. The van der Waals surface area contributed by atoms with Crippen LogP contribution in [0.2, 0.25) is 0 Å². The fourth-order valence-electron chi connectivity index (χ4n) is 4.08. The molecule has 3 heterocycles. The standard InChI is InChI=1S/C24H26N6O3S/c1-29-16-21(18-4-2-17(3-5-18)14-26-34(31)32)23-22(29)15-25-24(28-23)27-19-6-8-20(9-7-19)30-10-12-33-13-11-30/h2-9,15-16,26H,10-14H2,1H3,(H,31,32)(H,25,27,28). The second-order valence-electron chi connectivity index (χ2n) is 8.12. The largest absolute Gasteiger partial charge is 0.378 e. The molecule has 176 valence electrons. The summed E-state index contributed by atoms with van der Waals surface area (Å²) in [5, 5.41) is 3.32. The van der Waals surface area contributed by atoms with Crippen LogP contribution in [-0.4, -0.2) is 49.6 Å². The predicted octanol–water partition coefficient (Wildman–Crippen LogP) is 3.44. The number of anilines is 3. The third-order valence-electron chi connectivity index (χ3n) is 5.89. The molecule has 0 saturated carbocycles. The van der Waals surface area contributed by atoms with Crippen LogP contribution in [0, 0.1) is 0 Å². The van der Waals surface area contributed by atoms with Crippen molar-refractivity contribution >= 4 is 39.6 Å². The number of nitrogens with one attached hydrogen (secondary N) is 2. The molecule has 3 N–H and O–H groups in total.